The van der Waals surface area contributed by atoms with E-state index in [1.807, 2.05) is 55.1 Å². The Morgan fingerprint density at radius 1 is 0.935 bits per heavy atom. The molecule has 0 spiro atoms. The van der Waals surface area contributed by atoms with Crippen molar-refractivity contribution in [1.29, 1.82) is 0 Å². The zero-order valence-corrected chi connectivity index (χ0v) is 18.1. The van der Waals surface area contributed by atoms with Crippen LogP contribution in [0.2, 0.25) is 0 Å². The lowest BCUT2D eigenvalue weighted by Gasteiger charge is -2.36. The molecule has 2 aromatic carbocycles. The summed E-state index contributed by atoms with van der Waals surface area (Å²) in [6.07, 6.45) is 0. The van der Waals surface area contributed by atoms with Crippen LogP contribution >= 0.6 is 0 Å². The molecule has 1 aliphatic heterocycles. The highest BCUT2D eigenvalue weighted by Gasteiger charge is 2.27. The fourth-order valence-corrected chi connectivity index (χ4v) is 4.27. The van der Waals surface area contributed by atoms with E-state index in [4.69, 9.17) is 4.98 Å². The number of benzene rings is 2. The summed E-state index contributed by atoms with van der Waals surface area (Å²) >= 11 is 0. The fourth-order valence-electron chi connectivity index (χ4n) is 4.27. The molecule has 0 N–H and O–H groups in total. The maximum Gasteiger partial charge on any atom is 0.225 e. The van der Waals surface area contributed by atoms with Crippen molar-refractivity contribution >= 4 is 28.4 Å². The van der Waals surface area contributed by atoms with Crippen LogP contribution < -0.4 is 4.90 Å². The SMILES string of the molecule is Cc1ccccc1-c1nnc2c3ccccc3nc(N3CCN(C(=O)C(C)C)CC3)n12. The molecule has 1 aliphatic rings. The lowest BCUT2D eigenvalue weighted by Crippen LogP contribution is -2.50. The molecule has 0 aliphatic carbocycles. The van der Waals surface area contributed by atoms with Crippen LogP contribution in [-0.4, -0.2) is 56.6 Å². The Labute approximate surface area is 181 Å². The molecule has 0 saturated carbocycles. The number of nitrogens with zero attached hydrogens (tertiary/aromatic N) is 6. The van der Waals surface area contributed by atoms with E-state index in [9.17, 15) is 4.79 Å². The Morgan fingerprint density at radius 3 is 2.39 bits per heavy atom. The van der Waals surface area contributed by atoms with Gasteiger partial charge in [0.2, 0.25) is 11.9 Å². The molecule has 2 aromatic heterocycles. The average Bonchev–Trinajstić information content (AvgIpc) is 3.24. The predicted octanol–water partition coefficient (Wildman–Crippen LogP) is 3.56. The summed E-state index contributed by atoms with van der Waals surface area (Å²) in [5.74, 6) is 1.85. The molecular weight excluding hydrogens is 388 g/mol. The highest BCUT2D eigenvalue weighted by atomic mass is 16.2. The number of piperazine rings is 1. The fraction of sp³-hybridized carbons (Fsp3) is 0.333. The van der Waals surface area contributed by atoms with Crippen LogP contribution in [0.15, 0.2) is 48.5 Å². The van der Waals surface area contributed by atoms with Crippen LogP contribution in [0.4, 0.5) is 5.95 Å². The number of hydrogen-bond acceptors (Lipinski definition) is 5. The number of hydrogen-bond donors (Lipinski definition) is 0. The van der Waals surface area contributed by atoms with Gasteiger partial charge in [-0.25, -0.2) is 9.38 Å². The molecular formula is C24H26N6O. The lowest BCUT2D eigenvalue weighted by atomic mass is 10.1. The standard InChI is InChI=1S/C24H26N6O/c1-16(2)23(31)28-12-14-29(15-13-28)24-25-20-11-7-6-10-19(20)22-27-26-21(30(22)24)18-9-5-4-8-17(18)3/h4-11,16H,12-15H2,1-3H3. The zero-order chi connectivity index (χ0) is 21.5. The topological polar surface area (TPSA) is 66.6 Å². The third kappa shape index (κ3) is 3.30. The first-order valence-electron chi connectivity index (χ1n) is 10.8. The Bertz CT molecular complexity index is 1270. The van der Waals surface area contributed by atoms with Gasteiger partial charge >= 0.3 is 0 Å². The first kappa shape index (κ1) is 19.5. The van der Waals surface area contributed by atoms with Gasteiger partial charge in [0.1, 0.15) is 0 Å². The van der Waals surface area contributed by atoms with Gasteiger partial charge in [-0.1, -0.05) is 50.2 Å². The molecule has 0 radical (unpaired) electrons. The summed E-state index contributed by atoms with van der Waals surface area (Å²) in [5.41, 5.74) is 3.89. The molecule has 158 valence electrons. The minimum atomic E-state index is 0.0163. The van der Waals surface area contributed by atoms with E-state index in [-0.39, 0.29) is 11.8 Å². The van der Waals surface area contributed by atoms with Crippen LogP contribution in [0.3, 0.4) is 0 Å². The number of para-hydroxylation sites is 1. The van der Waals surface area contributed by atoms with Crippen LogP contribution in [-0.2, 0) is 4.79 Å². The summed E-state index contributed by atoms with van der Waals surface area (Å²) in [6.45, 7) is 8.82. The minimum Gasteiger partial charge on any atom is -0.339 e. The van der Waals surface area contributed by atoms with E-state index in [1.165, 1.54) is 0 Å². The van der Waals surface area contributed by atoms with E-state index in [1.54, 1.807) is 0 Å². The minimum absolute atomic E-state index is 0.0163. The van der Waals surface area contributed by atoms with Crippen molar-refractivity contribution in [2.75, 3.05) is 31.1 Å². The molecule has 31 heavy (non-hydrogen) atoms. The van der Waals surface area contributed by atoms with Gasteiger partial charge in [0.15, 0.2) is 11.5 Å². The molecule has 0 atom stereocenters. The van der Waals surface area contributed by atoms with Crippen molar-refractivity contribution in [2.24, 2.45) is 5.92 Å². The van der Waals surface area contributed by atoms with Gasteiger partial charge in [-0.05, 0) is 24.6 Å². The van der Waals surface area contributed by atoms with Crippen LogP contribution in [0.5, 0.6) is 0 Å². The maximum atomic E-state index is 12.4. The Morgan fingerprint density at radius 2 is 1.65 bits per heavy atom. The van der Waals surface area contributed by atoms with Gasteiger partial charge in [-0.15, -0.1) is 10.2 Å². The lowest BCUT2D eigenvalue weighted by molar-refractivity contribution is -0.134. The summed E-state index contributed by atoms with van der Waals surface area (Å²) in [4.78, 5) is 21.7. The van der Waals surface area contributed by atoms with Crippen LogP contribution in [0.1, 0.15) is 19.4 Å². The highest BCUT2D eigenvalue weighted by molar-refractivity contribution is 5.93. The Hall–Kier alpha value is -3.48. The third-order valence-electron chi connectivity index (χ3n) is 5.98. The number of fused-ring (bicyclic) bond motifs is 3. The molecule has 0 bridgehead atoms. The van der Waals surface area contributed by atoms with E-state index in [0.29, 0.717) is 13.1 Å². The number of carbonyl (C=O) groups excluding carboxylic acids is 1. The molecule has 4 aromatic rings. The second kappa shape index (κ2) is 7.65. The number of rotatable bonds is 3. The van der Waals surface area contributed by atoms with E-state index < -0.39 is 0 Å². The average molecular weight is 415 g/mol. The van der Waals surface area contributed by atoms with E-state index >= 15 is 0 Å². The number of aryl methyl sites for hydroxylation is 1. The van der Waals surface area contributed by atoms with Gasteiger partial charge in [-0.2, -0.15) is 0 Å². The summed E-state index contributed by atoms with van der Waals surface area (Å²) in [5, 5.41) is 10.1. The first-order valence-corrected chi connectivity index (χ1v) is 10.8. The largest absolute Gasteiger partial charge is 0.339 e. The first-order chi connectivity index (χ1) is 15.0. The Balaban J connectivity index is 1.64. The number of carbonyl (C=O) groups is 1. The zero-order valence-electron chi connectivity index (χ0n) is 18.1. The monoisotopic (exact) mass is 414 g/mol. The molecule has 3 heterocycles. The Kier molecular flexibility index (Phi) is 4.81. The normalized spacial score (nSPS) is 14.7. The second-order valence-electron chi connectivity index (χ2n) is 8.39. The van der Waals surface area contributed by atoms with Crippen molar-refractivity contribution in [3.8, 4) is 11.4 Å². The summed E-state index contributed by atoms with van der Waals surface area (Å²) in [6, 6.07) is 16.3. The van der Waals surface area contributed by atoms with Crippen molar-refractivity contribution in [2.45, 2.75) is 20.8 Å². The van der Waals surface area contributed by atoms with Gasteiger partial charge in [-0.3, -0.25) is 4.79 Å². The quantitative estimate of drug-likeness (QED) is 0.513. The number of aromatic nitrogens is 4. The van der Waals surface area contributed by atoms with Crippen molar-refractivity contribution in [3.63, 3.8) is 0 Å². The number of amides is 1. The van der Waals surface area contributed by atoms with Crippen molar-refractivity contribution in [1.82, 2.24) is 24.5 Å². The van der Waals surface area contributed by atoms with Gasteiger partial charge < -0.3 is 9.80 Å². The molecule has 1 amide bonds. The molecule has 5 rings (SSSR count). The highest BCUT2D eigenvalue weighted by Crippen LogP contribution is 2.30. The predicted molar refractivity (Wildman–Crippen MR) is 122 cm³/mol. The van der Waals surface area contributed by atoms with Gasteiger partial charge in [0.05, 0.1) is 5.52 Å². The number of anilines is 1. The third-order valence-corrected chi connectivity index (χ3v) is 5.98. The molecule has 1 fully saturated rings. The maximum absolute atomic E-state index is 12.4. The van der Waals surface area contributed by atoms with Gasteiger partial charge in [0.25, 0.3) is 0 Å². The second-order valence-corrected chi connectivity index (χ2v) is 8.39. The summed E-state index contributed by atoms with van der Waals surface area (Å²) < 4.78 is 2.07. The van der Waals surface area contributed by atoms with Crippen molar-refractivity contribution in [3.05, 3.63) is 54.1 Å². The smallest absolute Gasteiger partial charge is 0.225 e. The molecule has 1 saturated heterocycles. The van der Waals surface area contributed by atoms with E-state index in [0.717, 1.165) is 52.5 Å². The molecule has 0 unspecified atom stereocenters. The van der Waals surface area contributed by atoms with Crippen LogP contribution in [0.25, 0.3) is 27.9 Å². The van der Waals surface area contributed by atoms with Crippen molar-refractivity contribution < 1.29 is 4.79 Å². The molecule has 7 heteroatoms. The van der Waals surface area contributed by atoms with E-state index in [2.05, 4.69) is 38.6 Å². The van der Waals surface area contributed by atoms with Gasteiger partial charge in [0, 0.05) is 43.0 Å². The summed E-state index contributed by atoms with van der Waals surface area (Å²) in [7, 11) is 0. The van der Waals surface area contributed by atoms with Crippen LogP contribution in [0, 0.1) is 12.8 Å². The molecule has 7 nitrogen and oxygen atoms in total.